The number of aliphatic imine (C=N–C) groups is 1. The van der Waals surface area contributed by atoms with Crippen molar-refractivity contribution in [3.05, 3.63) is 0 Å². The minimum Gasteiger partial charge on any atom is -0.385 e. The highest BCUT2D eigenvalue weighted by Gasteiger charge is 2.42. The molecule has 1 aliphatic heterocycles. The first-order valence-corrected chi connectivity index (χ1v) is 9.32. The van der Waals surface area contributed by atoms with Crippen LogP contribution in [0.25, 0.3) is 0 Å². The van der Waals surface area contributed by atoms with Crippen LogP contribution in [-0.4, -0.2) is 62.7 Å². The Morgan fingerprint density at radius 1 is 1.42 bits per heavy atom. The van der Waals surface area contributed by atoms with Crippen molar-refractivity contribution in [1.82, 2.24) is 15.5 Å². The monoisotopic (exact) mass is 338 g/mol. The third-order valence-electron chi connectivity index (χ3n) is 5.05. The molecule has 0 radical (unpaired) electrons. The SMILES string of the molecule is CCNC(=NCC1(CCOC)CC1)NC1CCN(C(=O)C(C)C)C1. The van der Waals surface area contributed by atoms with Gasteiger partial charge in [-0.05, 0) is 38.0 Å². The number of nitrogens with zero attached hydrogens (tertiary/aromatic N) is 2. The van der Waals surface area contributed by atoms with Crippen molar-refractivity contribution in [2.45, 2.75) is 52.5 Å². The fourth-order valence-corrected chi connectivity index (χ4v) is 3.19. The number of methoxy groups -OCH3 is 1. The zero-order valence-electron chi connectivity index (χ0n) is 15.7. The molecule has 1 unspecified atom stereocenters. The molecule has 0 spiro atoms. The number of hydrogen-bond acceptors (Lipinski definition) is 3. The third kappa shape index (κ3) is 5.36. The second-order valence-corrected chi connectivity index (χ2v) is 7.51. The van der Waals surface area contributed by atoms with Gasteiger partial charge < -0.3 is 20.3 Å². The highest BCUT2D eigenvalue weighted by atomic mass is 16.5. The van der Waals surface area contributed by atoms with E-state index in [-0.39, 0.29) is 11.8 Å². The normalized spacial score (nSPS) is 22.8. The minimum absolute atomic E-state index is 0.0705. The number of carbonyl (C=O) groups is 1. The Hall–Kier alpha value is -1.30. The van der Waals surface area contributed by atoms with Gasteiger partial charge >= 0.3 is 0 Å². The number of hydrogen-bond donors (Lipinski definition) is 2. The molecule has 6 nitrogen and oxygen atoms in total. The van der Waals surface area contributed by atoms with Crippen LogP contribution in [0.5, 0.6) is 0 Å². The van der Waals surface area contributed by atoms with Crippen LogP contribution in [0, 0.1) is 11.3 Å². The first-order valence-electron chi connectivity index (χ1n) is 9.32. The molecule has 1 atom stereocenters. The molecule has 24 heavy (non-hydrogen) atoms. The number of nitrogens with one attached hydrogen (secondary N) is 2. The van der Waals surface area contributed by atoms with Gasteiger partial charge in [0.25, 0.3) is 0 Å². The van der Waals surface area contributed by atoms with Crippen molar-refractivity contribution in [2.75, 3.05) is 39.9 Å². The van der Waals surface area contributed by atoms with Crippen LogP contribution in [0.4, 0.5) is 0 Å². The largest absolute Gasteiger partial charge is 0.385 e. The molecule has 0 aromatic carbocycles. The number of rotatable bonds is 8. The van der Waals surface area contributed by atoms with Crippen LogP contribution < -0.4 is 10.6 Å². The van der Waals surface area contributed by atoms with Gasteiger partial charge in [0.05, 0.1) is 0 Å². The summed E-state index contributed by atoms with van der Waals surface area (Å²) in [6.45, 7) is 10.1. The molecular formula is C18H34N4O2. The van der Waals surface area contributed by atoms with Gasteiger partial charge in [-0.1, -0.05) is 13.8 Å². The fraction of sp³-hybridized carbons (Fsp3) is 0.889. The lowest BCUT2D eigenvalue weighted by atomic mass is 10.0. The van der Waals surface area contributed by atoms with E-state index in [2.05, 4.69) is 17.6 Å². The molecule has 1 aliphatic carbocycles. The molecule has 138 valence electrons. The Labute approximate surface area is 146 Å². The van der Waals surface area contributed by atoms with E-state index in [1.54, 1.807) is 7.11 Å². The number of ether oxygens (including phenoxy) is 1. The molecule has 1 saturated carbocycles. The molecule has 0 aromatic heterocycles. The number of likely N-dealkylation sites (tertiary alicyclic amines) is 1. The van der Waals surface area contributed by atoms with Gasteiger partial charge in [-0.25, -0.2) is 0 Å². The van der Waals surface area contributed by atoms with Crippen LogP contribution in [0.2, 0.25) is 0 Å². The molecule has 2 N–H and O–H groups in total. The van der Waals surface area contributed by atoms with Crippen molar-refractivity contribution in [3.63, 3.8) is 0 Å². The average molecular weight is 338 g/mol. The maximum atomic E-state index is 12.1. The second kappa shape index (κ2) is 8.70. The molecule has 2 aliphatic rings. The Balaban J connectivity index is 1.85. The molecule has 2 rings (SSSR count). The van der Waals surface area contributed by atoms with Crippen LogP contribution in [0.1, 0.15) is 46.5 Å². The van der Waals surface area contributed by atoms with Crippen LogP contribution >= 0.6 is 0 Å². The van der Waals surface area contributed by atoms with E-state index in [0.717, 1.165) is 51.6 Å². The first kappa shape index (κ1) is 19.0. The van der Waals surface area contributed by atoms with Gasteiger partial charge in [0, 0.05) is 51.9 Å². The van der Waals surface area contributed by atoms with Gasteiger partial charge in [0.15, 0.2) is 5.96 Å². The Morgan fingerprint density at radius 2 is 2.17 bits per heavy atom. The molecule has 0 aromatic rings. The Bertz CT molecular complexity index is 446. The van der Waals surface area contributed by atoms with E-state index >= 15 is 0 Å². The van der Waals surface area contributed by atoms with E-state index in [1.165, 1.54) is 12.8 Å². The van der Waals surface area contributed by atoms with Gasteiger partial charge in [-0.15, -0.1) is 0 Å². The van der Waals surface area contributed by atoms with Crippen molar-refractivity contribution in [3.8, 4) is 0 Å². The Morgan fingerprint density at radius 3 is 2.75 bits per heavy atom. The van der Waals surface area contributed by atoms with E-state index < -0.39 is 0 Å². The van der Waals surface area contributed by atoms with Crippen molar-refractivity contribution >= 4 is 11.9 Å². The van der Waals surface area contributed by atoms with Gasteiger partial charge in [-0.3, -0.25) is 9.79 Å². The average Bonchev–Trinajstić information content (AvgIpc) is 3.19. The van der Waals surface area contributed by atoms with Crippen molar-refractivity contribution in [2.24, 2.45) is 16.3 Å². The van der Waals surface area contributed by atoms with Gasteiger partial charge in [-0.2, -0.15) is 0 Å². The standard InChI is InChI=1S/C18H34N4O2/c1-5-19-17(20-13-18(7-8-18)9-11-24-4)21-15-6-10-22(12-15)16(23)14(2)3/h14-15H,5-13H2,1-4H3,(H2,19,20,21). The molecule has 2 fully saturated rings. The molecule has 1 saturated heterocycles. The zero-order valence-corrected chi connectivity index (χ0v) is 15.7. The summed E-state index contributed by atoms with van der Waals surface area (Å²) in [5.74, 6) is 1.20. The summed E-state index contributed by atoms with van der Waals surface area (Å²) < 4.78 is 5.22. The second-order valence-electron chi connectivity index (χ2n) is 7.51. The van der Waals surface area contributed by atoms with E-state index in [4.69, 9.17) is 9.73 Å². The molecule has 0 bridgehead atoms. The van der Waals surface area contributed by atoms with Gasteiger partial charge in [0.1, 0.15) is 0 Å². The Kier molecular flexibility index (Phi) is 6.90. The summed E-state index contributed by atoms with van der Waals surface area (Å²) in [6, 6.07) is 0.291. The van der Waals surface area contributed by atoms with Crippen LogP contribution in [0.15, 0.2) is 4.99 Å². The van der Waals surface area contributed by atoms with E-state index in [1.807, 2.05) is 18.7 Å². The predicted molar refractivity (Wildman–Crippen MR) is 97.1 cm³/mol. The highest BCUT2D eigenvalue weighted by Crippen LogP contribution is 2.48. The van der Waals surface area contributed by atoms with Crippen LogP contribution in [0.3, 0.4) is 0 Å². The summed E-state index contributed by atoms with van der Waals surface area (Å²) in [6.07, 6.45) is 4.57. The third-order valence-corrected chi connectivity index (χ3v) is 5.05. The maximum absolute atomic E-state index is 12.1. The summed E-state index contributed by atoms with van der Waals surface area (Å²) in [7, 11) is 1.76. The van der Waals surface area contributed by atoms with Crippen LogP contribution in [-0.2, 0) is 9.53 Å². The lowest BCUT2D eigenvalue weighted by molar-refractivity contribution is -0.133. The van der Waals surface area contributed by atoms with E-state index in [9.17, 15) is 4.79 Å². The zero-order chi connectivity index (χ0) is 17.6. The summed E-state index contributed by atoms with van der Waals surface area (Å²) >= 11 is 0. The predicted octanol–water partition coefficient (Wildman–Crippen LogP) is 1.62. The number of carbonyl (C=O) groups excluding carboxylic acids is 1. The summed E-state index contributed by atoms with van der Waals surface area (Å²) in [5.41, 5.74) is 0.355. The highest BCUT2D eigenvalue weighted by molar-refractivity contribution is 5.81. The summed E-state index contributed by atoms with van der Waals surface area (Å²) in [5, 5.41) is 6.85. The smallest absolute Gasteiger partial charge is 0.225 e. The fourth-order valence-electron chi connectivity index (χ4n) is 3.19. The first-order chi connectivity index (χ1) is 11.5. The number of guanidine groups is 1. The van der Waals surface area contributed by atoms with Gasteiger partial charge in [0.2, 0.25) is 5.91 Å². The maximum Gasteiger partial charge on any atom is 0.225 e. The van der Waals surface area contributed by atoms with E-state index in [0.29, 0.717) is 11.5 Å². The summed E-state index contributed by atoms with van der Waals surface area (Å²) in [4.78, 5) is 18.9. The number of amides is 1. The van der Waals surface area contributed by atoms with Crippen molar-refractivity contribution in [1.29, 1.82) is 0 Å². The topological polar surface area (TPSA) is 66.0 Å². The van der Waals surface area contributed by atoms with Crippen molar-refractivity contribution < 1.29 is 9.53 Å². The lowest BCUT2D eigenvalue weighted by Gasteiger charge is -2.21. The lowest BCUT2D eigenvalue weighted by Crippen LogP contribution is -2.45. The molecular weight excluding hydrogens is 304 g/mol. The molecule has 1 heterocycles. The molecule has 6 heteroatoms. The quantitative estimate of drug-likeness (QED) is 0.521. The minimum atomic E-state index is 0.0705. The molecule has 1 amide bonds.